The summed E-state index contributed by atoms with van der Waals surface area (Å²) in [6.45, 7) is 7.09. The highest BCUT2D eigenvalue weighted by atomic mass is 127. The fraction of sp³-hybridized carbons (Fsp3) is 0.500. The molecule has 7 nitrogen and oxygen atoms in total. The molecular formula is C26H37IN6O. The summed E-state index contributed by atoms with van der Waals surface area (Å²) >= 11 is 0. The lowest BCUT2D eigenvalue weighted by Gasteiger charge is -2.33. The van der Waals surface area contributed by atoms with Crippen LogP contribution in [0.3, 0.4) is 0 Å². The number of hydrogen-bond donors (Lipinski definition) is 2. The molecule has 0 atom stereocenters. The van der Waals surface area contributed by atoms with Gasteiger partial charge in [-0.15, -0.1) is 24.0 Å². The van der Waals surface area contributed by atoms with Crippen molar-refractivity contribution in [2.24, 2.45) is 4.99 Å². The van der Waals surface area contributed by atoms with E-state index in [4.69, 9.17) is 4.99 Å². The number of hydrogen-bond acceptors (Lipinski definition) is 4. The summed E-state index contributed by atoms with van der Waals surface area (Å²) in [5.74, 6) is 2.14. The van der Waals surface area contributed by atoms with E-state index in [0.717, 1.165) is 70.2 Å². The van der Waals surface area contributed by atoms with Gasteiger partial charge >= 0.3 is 0 Å². The first-order valence-corrected chi connectivity index (χ1v) is 12.3. The average molecular weight is 577 g/mol. The standard InChI is InChI=1S/C26H36N6O.HI/c1-2-27-26(30-23-13-18-31(19-14-23)24-10-5-6-15-28-24)29-16-7-11-25(33)32-17-12-21-8-3-4-9-22(21)20-32;/h3-6,8-10,15,23H,2,7,11-14,16-20H2,1H3,(H2,27,29,30);1H. The Bertz CT molecular complexity index is 930. The molecular weight excluding hydrogens is 539 g/mol. The molecule has 0 spiro atoms. The molecule has 2 aliphatic heterocycles. The predicted octanol–water partition coefficient (Wildman–Crippen LogP) is 3.59. The summed E-state index contributed by atoms with van der Waals surface area (Å²) in [5.41, 5.74) is 2.65. The molecule has 0 aliphatic carbocycles. The predicted molar refractivity (Wildman–Crippen MR) is 149 cm³/mol. The van der Waals surface area contributed by atoms with Gasteiger partial charge < -0.3 is 20.4 Å². The largest absolute Gasteiger partial charge is 0.357 e. The summed E-state index contributed by atoms with van der Waals surface area (Å²) in [7, 11) is 0. The monoisotopic (exact) mass is 576 g/mol. The number of piperidine rings is 1. The van der Waals surface area contributed by atoms with Crippen LogP contribution in [-0.2, 0) is 17.8 Å². The minimum atomic E-state index is 0. The van der Waals surface area contributed by atoms with Gasteiger partial charge in [-0.25, -0.2) is 4.98 Å². The number of carbonyl (C=O) groups is 1. The van der Waals surface area contributed by atoms with Crippen LogP contribution in [0.25, 0.3) is 0 Å². The molecule has 0 radical (unpaired) electrons. The van der Waals surface area contributed by atoms with E-state index in [-0.39, 0.29) is 29.9 Å². The maximum atomic E-state index is 12.7. The van der Waals surface area contributed by atoms with Gasteiger partial charge in [-0.05, 0) is 55.9 Å². The van der Waals surface area contributed by atoms with Crippen molar-refractivity contribution in [3.05, 3.63) is 59.8 Å². The molecule has 1 fully saturated rings. The highest BCUT2D eigenvalue weighted by Gasteiger charge is 2.21. The SMILES string of the molecule is CCNC(=NCCCC(=O)N1CCc2ccccc2C1)NC1CCN(c2ccccn2)CC1.I. The van der Waals surface area contributed by atoms with Gasteiger partial charge in [-0.2, -0.15) is 0 Å². The van der Waals surface area contributed by atoms with E-state index < -0.39 is 0 Å². The number of halogens is 1. The number of pyridine rings is 1. The van der Waals surface area contributed by atoms with Gasteiger partial charge in [0.25, 0.3) is 0 Å². The van der Waals surface area contributed by atoms with Crippen molar-refractivity contribution in [2.45, 2.75) is 51.6 Å². The lowest BCUT2D eigenvalue weighted by molar-refractivity contribution is -0.132. The van der Waals surface area contributed by atoms with Crippen LogP contribution in [0.2, 0.25) is 0 Å². The molecule has 1 aromatic carbocycles. The van der Waals surface area contributed by atoms with Gasteiger partial charge in [0.15, 0.2) is 5.96 Å². The van der Waals surface area contributed by atoms with Gasteiger partial charge in [0.05, 0.1) is 0 Å². The normalized spacial score (nSPS) is 16.4. The zero-order valence-corrected chi connectivity index (χ0v) is 22.4. The number of guanidine groups is 1. The van der Waals surface area contributed by atoms with E-state index in [0.29, 0.717) is 19.0 Å². The van der Waals surface area contributed by atoms with Crippen molar-refractivity contribution >= 4 is 41.7 Å². The van der Waals surface area contributed by atoms with Crippen LogP contribution in [0.5, 0.6) is 0 Å². The molecule has 4 rings (SSSR count). The smallest absolute Gasteiger partial charge is 0.222 e. The van der Waals surface area contributed by atoms with Crippen LogP contribution in [-0.4, -0.2) is 60.5 Å². The number of carbonyl (C=O) groups excluding carboxylic acids is 1. The molecule has 0 bridgehead atoms. The quantitative estimate of drug-likeness (QED) is 0.228. The Morgan fingerprint density at radius 1 is 1.09 bits per heavy atom. The van der Waals surface area contributed by atoms with Crippen molar-refractivity contribution < 1.29 is 4.79 Å². The highest BCUT2D eigenvalue weighted by Crippen LogP contribution is 2.19. The van der Waals surface area contributed by atoms with E-state index in [1.165, 1.54) is 11.1 Å². The summed E-state index contributed by atoms with van der Waals surface area (Å²) in [4.78, 5) is 26.2. The number of anilines is 1. The van der Waals surface area contributed by atoms with Crippen molar-refractivity contribution in [3.63, 3.8) is 0 Å². The molecule has 184 valence electrons. The lowest BCUT2D eigenvalue weighted by Crippen LogP contribution is -2.49. The Hall–Kier alpha value is -2.36. The number of aliphatic imine (C=N–C) groups is 1. The third-order valence-electron chi connectivity index (χ3n) is 6.46. The minimum Gasteiger partial charge on any atom is -0.357 e. The molecule has 0 saturated carbocycles. The number of nitrogens with one attached hydrogen (secondary N) is 2. The Labute approximate surface area is 220 Å². The van der Waals surface area contributed by atoms with Crippen molar-refractivity contribution in [2.75, 3.05) is 37.6 Å². The van der Waals surface area contributed by atoms with Crippen LogP contribution in [0.1, 0.15) is 43.7 Å². The Kier molecular flexibility index (Phi) is 10.4. The number of amides is 1. The molecule has 34 heavy (non-hydrogen) atoms. The molecule has 0 unspecified atom stereocenters. The molecule has 2 aliphatic rings. The van der Waals surface area contributed by atoms with Gasteiger partial charge in [0, 0.05) is 57.9 Å². The maximum Gasteiger partial charge on any atom is 0.222 e. The molecule has 3 heterocycles. The van der Waals surface area contributed by atoms with E-state index in [9.17, 15) is 4.79 Å². The topological polar surface area (TPSA) is 72.9 Å². The number of rotatable bonds is 7. The molecule has 1 saturated heterocycles. The third kappa shape index (κ3) is 7.32. The molecule has 1 aromatic heterocycles. The van der Waals surface area contributed by atoms with Crippen molar-refractivity contribution in [1.82, 2.24) is 20.5 Å². The zero-order chi connectivity index (χ0) is 22.9. The number of nitrogens with zero attached hydrogens (tertiary/aromatic N) is 4. The Morgan fingerprint density at radius 3 is 2.59 bits per heavy atom. The summed E-state index contributed by atoms with van der Waals surface area (Å²) in [6.07, 6.45) is 6.23. The van der Waals surface area contributed by atoms with Crippen LogP contribution < -0.4 is 15.5 Å². The van der Waals surface area contributed by atoms with Crippen molar-refractivity contribution in [3.8, 4) is 0 Å². The van der Waals surface area contributed by atoms with Crippen LogP contribution >= 0.6 is 24.0 Å². The third-order valence-corrected chi connectivity index (χ3v) is 6.46. The summed E-state index contributed by atoms with van der Waals surface area (Å²) in [5, 5.41) is 6.94. The van der Waals surface area contributed by atoms with Crippen LogP contribution in [0.15, 0.2) is 53.7 Å². The summed E-state index contributed by atoms with van der Waals surface area (Å²) in [6, 6.07) is 14.9. The van der Waals surface area contributed by atoms with E-state index in [1.807, 2.05) is 23.2 Å². The van der Waals surface area contributed by atoms with Crippen LogP contribution in [0.4, 0.5) is 5.82 Å². The number of fused-ring (bicyclic) bond motifs is 1. The Morgan fingerprint density at radius 2 is 1.85 bits per heavy atom. The first-order chi connectivity index (χ1) is 16.2. The van der Waals surface area contributed by atoms with Crippen molar-refractivity contribution in [1.29, 1.82) is 0 Å². The lowest BCUT2D eigenvalue weighted by atomic mass is 9.99. The fourth-order valence-electron chi connectivity index (χ4n) is 4.59. The molecule has 2 aromatic rings. The maximum absolute atomic E-state index is 12.7. The first kappa shape index (κ1) is 26.2. The van der Waals surface area contributed by atoms with Crippen LogP contribution in [0, 0.1) is 0 Å². The van der Waals surface area contributed by atoms with Gasteiger partial charge in [0.2, 0.25) is 5.91 Å². The second-order valence-electron chi connectivity index (χ2n) is 8.79. The molecule has 2 N–H and O–H groups in total. The highest BCUT2D eigenvalue weighted by molar-refractivity contribution is 14.0. The minimum absolute atomic E-state index is 0. The van der Waals surface area contributed by atoms with E-state index in [2.05, 4.69) is 57.8 Å². The van der Waals surface area contributed by atoms with Gasteiger partial charge in [-0.3, -0.25) is 9.79 Å². The van der Waals surface area contributed by atoms with E-state index >= 15 is 0 Å². The first-order valence-electron chi connectivity index (χ1n) is 12.3. The second-order valence-corrected chi connectivity index (χ2v) is 8.79. The van der Waals surface area contributed by atoms with Gasteiger partial charge in [-0.1, -0.05) is 30.3 Å². The van der Waals surface area contributed by atoms with Gasteiger partial charge in [0.1, 0.15) is 5.82 Å². The number of benzene rings is 1. The molecule has 1 amide bonds. The van der Waals surface area contributed by atoms with E-state index in [1.54, 1.807) is 0 Å². The number of aromatic nitrogens is 1. The fourth-order valence-corrected chi connectivity index (χ4v) is 4.59. The second kappa shape index (κ2) is 13.5. The molecule has 8 heteroatoms. The summed E-state index contributed by atoms with van der Waals surface area (Å²) < 4.78 is 0. The average Bonchev–Trinajstić information content (AvgIpc) is 2.87. The zero-order valence-electron chi connectivity index (χ0n) is 20.1. The Balaban J connectivity index is 0.00000324.